The van der Waals surface area contributed by atoms with Gasteiger partial charge in [-0.3, -0.25) is 0 Å². The molecule has 0 spiro atoms. The second-order valence-corrected chi connectivity index (χ2v) is 20.2. The van der Waals surface area contributed by atoms with Gasteiger partial charge in [-0.2, -0.15) is 0 Å². The average Bonchev–Trinajstić information content (AvgIpc) is 3.63. The lowest BCUT2D eigenvalue weighted by atomic mass is 9.91. The average molecular weight is 1120 g/mol. The summed E-state index contributed by atoms with van der Waals surface area (Å²) in [6, 6.07) is 70.8. The quantitative estimate of drug-likeness (QED) is 0.144. The van der Waals surface area contributed by atoms with Crippen molar-refractivity contribution in [2.45, 2.75) is 25.7 Å². The van der Waals surface area contributed by atoms with E-state index < -0.39 is 0 Å². The van der Waals surface area contributed by atoms with E-state index in [1.54, 1.807) is 0 Å². The fourth-order valence-corrected chi connectivity index (χ4v) is 10.7. The van der Waals surface area contributed by atoms with Crippen LogP contribution in [0.2, 0.25) is 0 Å². The largest absolute Gasteiger partial charge is 0.489 e. The molecule has 4 aliphatic heterocycles. The SMILES string of the molecule is c1cc2c3c(c1)Cc1cccc4c1OCCOc1ccccc1Oc1ccccc1Oc1ccccc1OCCOc1c(cccc1Cc1cccc(c1OCCOc1ccccc1Oc1ccccc1Oc1ccccc1OCCO3)C4)C2. The number of hydrogen-bond donors (Lipinski definition) is 0. The number of rotatable bonds is 0. The summed E-state index contributed by atoms with van der Waals surface area (Å²) in [7, 11) is 0. The minimum atomic E-state index is 0.210. The molecule has 12 heteroatoms. The third-order valence-electron chi connectivity index (χ3n) is 14.6. The van der Waals surface area contributed by atoms with Crippen molar-refractivity contribution in [3.8, 4) is 92.0 Å². The summed E-state index contributed by atoms with van der Waals surface area (Å²) in [5, 5.41) is 0. The van der Waals surface area contributed by atoms with Crippen molar-refractivity contribution in [3.63, 3.8) is 0 Å². The zero-order valence-electron chi connectivity index (χ0n) is 46.2. The normalized spacial score (nSPS) is 14.3. The third-order valence-corrected chi connectivity index (χ3v) is 14.6. The van der Waals surface area contributed by atoms with Crippen LogP contribution in [0.3, 0.4) is 0 Å². The predicted molar refractivity (Wildman–Crippen MR) is 320 cm³/mol. The fourth-order valence-electron chi connectivity index (χ4n) is 10.7. The number of fused-ring (bicyclic) bond motifs is 12. The first-order valence-corrected chi connectivity index (χ1v) is 28.3. The molecule has 0 N–H and O–H groups in total. The Morgan fingerprint density at radius 1 is 0.155 bits per heavy atom. The molecule has 10 aromatic rings. The summed E-state index contributed by atoms with van der Waals surface area (Å²) in [5.74, 6) is 9.24. The molecule has 0 radical (unpaired) electrons. The molecule has 1 aliphatic carbocycles. The van der Waals surface area contributed by atoms with Gasteiger partial charge in [-0.15, -0.1) is 0 Å². The van der Waals surface area contributed by atoms with Crippen molar-refractivity contribution in [3.05, 3.63) is 263 Å². The fraction of sp³-hybridized carbons (Fsp3) is 0.167. The molecule has 5 aliphatic rings. The Bertz CT molecular complexity index is 3340. The van der Waals surface area contributed by atoms with Crippen molar-refractivity contribution >= 4 is 0 Å². The van der Waals surface area contributed by atoms with Crippen LogP contribution in [0.4, 0.5) is 0 Å². The van der Waals surface area contributed by atoms with Crippen molar-refractivity contribution in [2.75, 3.05) is 52.9 Å². The lowest BCUT2D eigenvalue weighted by molar-refractivity contribution is 0.209. The van der Waals surface area contributed by atoms with Crippen LogP contribution in [0.15, 0.2) is 218 Å². The zero-order chi connectivity index (χ0) is 56.3. The molecular formula is C72H60O12. The predicted octanol–water partition coefficient (Wildman–Crippen LogP) is 16.0. The van der Waals surface area contributed by atoms with E-state index in [9.17, 15) is 0 Å². The summed E-state index contributed by atoms with van der Waals surface area (Å²) >= 11 is 0. The summed E-state index contributed by atoms with van der Waals surface area (Å²) in [6.45, 7) is 1.71. The molecule has 0 amide bonds. The van der Waals surface area contributed by atoms with E-state index in [-0.39, 0.29) is 52.9 Å². The van der Waals surface area contributed by atoms with E-state index in [0.717, 1.165) is 67.5 Å². The van der Waals surface area contributed by atoms with Crippen LogP contribution in [0.5, 0.6) is 92.0 Å². The van der Waals surface area contributed by atoms with Crippen LogP contribution < -0.4 is 56.8 Å². The van der Waals surface area contributed by atoms with E-state index in [0.29, 0.717) is 94.7 Å². The minimum Gasteiger partial charge on any atom is -0.489 e. The highest BCUT2D eigenvalue weighted by Crippen LogP contribution is 2.44. The maximum Gasteiger partial charge on any atom is 0.170 e. The molecule has 12 bridgehead atoms. The second-order valence-electron chi connectivity index (χ2n) is 20.2. The van der Waals surface area contributed by atoms with Gasteiger partial charge in [-0.25, -0.2) is 0 Å². The highest BCUT2D eigenvalue weighted by Gasteiger charge is 2.24. The van der Waals surface area contributed by atoms with E-state index in [1.165, 1.54) is 0 Å². The number of benzene rings is 10. The molecule has 0 saturated heterocycles. The topological polar surface area (TPSA) is 111 Å². The van der Waals surface area contributed by atoms with Gasteiger partial charge in [0, 0.05) is 25.7 Å². The summed E-state index contributed by atoms with van der Waals surface area (Å²) in [5.41, 5.74) is 7.78. The number of para-hydroxylation sites is 16. The first-order valence-electron chi connectivity index (χ1n) is 28.3. The Morgan fingerprint density at radius 2 is 0.310 bits per heavy atom. The molecule has 10 aromatic carbocycles. The summed E-state index contributed by atoms with van der Waals surface area (Å²) in [6.07, 6.45) is 1.92. The Hall–Kier alpha value is -10.2. The second kappa shape index (κ2) is 25.3. The monoisotopic (exact) mass is 1120 g/mol. The molecule has 0 fully saturated rings. The standard InChI is InChI=1S/C72H60O12/c1-5-29-61-57(25-1)73-37-41-77-69-49-17-13-18-50(69)46-52-20-15-22-54-48-56-24-16-23-55(72(56)80-42-38-74-58-26-2-6-30-62(58)82-66-34-10-9-33-65(66)81-61)47-53-21-14-19-51(45-49)70(53)78-43-39-75-59-27-3-7-31-63(59)83-67-35-11-12-36-68(67)84-64-32-8-4-28-60(64)76-40-44-79-71(52)54/h1-36H,37-48H2. The smallest absolute Gasteiger partial charge is 0.170 e. The minimum absolute atomic E-state index is 0.210. The van der Waals surface area contributed by atoms with E-state index in [2.05, 4.69) is 72.8 Å². The van der Waals surface area contributed by atoms with Gasteiger partial charge >= 0.3 is 0 Å². The van der Waals surface area contributed by atoms with Crippen LogP contribution in [0, 0.1) is 0 Å². The van der Waals surface area contributed by atoms with Gasteiger partial charge in [-0.1, -0.05) is 146 Å². The molecule has 0 unspecified atom stereocenters. The van der Waals surface area contributed by atoms with Gasteiger partial charge in [0.2, 0.25) is 0 Å². The van der Waals surface area contributed by atoms with Gasteiger partial charge in [0.25, 0.3) is 0 Å². The van der Waals surface area contributed by atoms with Crippen LogP contribution in [0.1, 0.15) is 44.5 Å². The van der Waals surface area contributed by atoms with Crippen molar-refractivity contribution in [1.29, 1.82) is 0 Å². The molecule has 4 heterocycles. The third kappa shape index (κ3) is 12.2. The Labute approximate surface area is 488 Å². The molecule has 0 aromatic heterocycles. The van der Waals surface area contributed by atoms with Crippen LogP contribution >= 0.6 is 0 Å². The lowest BCUT2D eigenvalue weighted by Crippen LogP contribution is -2.15. The van der Waals surface area contributed by atoms with E-state index in [1.807, 2.05) is 146 Å². The molecule has 15 rings (SSSR count). The highest BCUT2D eigenvalue weighted by atomic mass is 16.6. The lowest BCUT2D eigenvalue weighted by Gasteiger charge is -2.23. The molecule has 0 saturated carbocycles. The molecular weight excluding hydrogens is 1060 g/mol. The van der Waals surface area contributed by atoms with Crippen LogP contribution in [0.25, 0.3) is 0 Å². The molecule has 420 valence electrons. The Morgan fingerprint density at radius 3 is 0.500 bits per heavy atom. The molecule has 12 nitrogen and oxygen atoms in total. The van der Waals surface area contributed by atoms with Gasteiger partial charge < -0.3 is 56.8 Å². The number of hydrogen-bond acceptors (Lipinski definition) is 12. The van der Waals surface area contributed by atoms with Gasteiger partial charge in [0.1, 0.15) is 75.9 Å². The molecule has 0 atom stereocenters. The maximum absolute atomic E-state index is 7.00. The first-order chi connectivity index (χ1) is 41.6. The van der Waals surface area contributed by atoms with E-state index >= 15 is 0 Å². The first kappa shape index (κ1) is 53.1. The van der Waals surface area contributed by atoms with Crippen molar-refractivity contribution < 1.29 is 56.8 Å². The van der Waals surface area contributed by atoms with Crippen molar-refractivity contribution in [1.82, 2.24) is 0 Å². The number of ether oxygens (including phenoxy) is 12. The Kier molecular flexibility index (Phi) is 16.0. The highest BCUT2D eigenvalue weighted by molar-refractivity contribution is 5.58. The molecule has 84 heavy (non-hydrogen) atoms. The van der Waals surface area contributed by atoms with Crippen LogP contribution in [-0.2, 0) is 25.7 Å². The van der Waals surface area contributed by atoms with Gasteiger partial charge in [-0.05, 0) is 117 Å². The van der Waals surface area contributed by atoms with Crippen LogP contribution in [-0.4, -0.2) is 52.9 Å². The Balaban J connectivity index is 0.941. The van der Waals surface area contributed by atoms with E-state index in [4.69, 9.17) is 56.8 Å². The summed E-state index contributed by atoms with van der Waals surface area (Å²) in [4.78, 5) is 0. The maximum atomic E-state index is 7.00. The summed E-state index contributed by atoms with van der Waals surface area (Å²) < 4.78 is 80.5. The zero-order valence-corrected chi connectivity index (χ0v) is 46.2. The van der Waals surface area contributed by atoms with Gasteiger partial charge in [0.05, 0.1) is 0 Å². The van der Waals surface area contributed by atoms with Crippen molar-refractivity contribution in [2.24, 2.45) is 0 Å². The van der Waals surface area contributed by atoms with Gasteiger partial charge in [0.15, 0.2) is 69.0 Å².